The first-order valence-electron chi connectivity index (χ1n) is 8.75. The van der Waals surface area contributed by atoms with E-state index < -0.39 is 17.6 Å². The first-order valence-corrected chi connectivity index (χ1v) is 9.54. The molecule has 3 heterocycles. The van der Waals surface area contributed by atoms with Gasteiger partial charge >= 0.3 is 0 Å². The molecule has 142 valence electrons. The number of fused-ring (bicyclic) bond motifs is 3. The fourth-order valence-electron chi connectivity index (χ4n) is 3.58. The van der Waals surface area contributed by atoms with E-state index >= 15 is 0 Å². The van der Waals surface area contributed by atoms with Crippen LogP contribution in [-0.2, 0) is 0 Å². The number of benzene rings is 2. The highest BCUT2D eigenvalue weighted by Gasteiger charge is 2.40. The maximum Gasteiger partial charge on any atom is 0.267 e. The molecule has 5 rings (SSSR count). The van der Waals surface area contributed by atoms with Gasteiger partial charge in [-0.1, -0.05) is 28.1 Å². The first kappa shape index (κ1) is 17.7. The molecule has 4 aromatic rings. The Labute approximate surface area is 172 Å². The fourth-order valence-corrected chi connectivity index (χ4v) is 3.84. The Morgan fingerprint density at radius 1 is 1.00 bits per heavy atom. The summed E-state index contributed by atoms with van der Waals surface area (Å²) in [5.41, 5.74) is 1.95. The zero-order valence-corrected chi connectivity index (χ0v) is 16.6. The molecule has 0 aliphatic carbocycles. The van der Waals surface area contributed by atoms with Crippen molar-refractivity contribution in [3.8, 4) is 5.69 Å². The molecule has 0 N–H and O–H groups in total. The molecule has 29 heavy (non-hydrogen) atoms. The molecule has 2 amide bonds. The summed E-state index contributed by atoms with van der Waals surface area (Å²) < 4.78 is 16.5. The van der Waals surface area contributed by atoms with Crippen LogP contribution in [0.15, 0.2) is 59.2 Å². The monoisotopic (exact) mass is 450 g/mol. The molecule has 0 bridgehead atoms. The first-order chi connectivity index (χ1) is 14.0. The van der Waals surface area contributed by atoms with Crippen molar-refractivity contribution in [1.82, 2.24) is 14.8 Å². The van der Waals surface area contributed by atoms with Crippen LogP contribution in [0.4, 0.5) is 10.1 Å². The number of aryl methyl sites for hydroxylation is 1. The van der Waals surface area contributed by atoms with E-state index in [-0.39, 0.29) is 16.8 Å². The summed E-state index contributed by atoms with van der Waals surface area (Å²) in [6, 6.07) is 13.1. The molecule has 2 aromatic carbocycles. The van der Waals surface area contributed by atoms with Crippen LogP contribution in [0, 0.1) is 12.7 Å². The Kier molecular flexibility index (Phi) is 3.85. The van der Waals surface area contributed by atoms with Crippen molar-refractivity contribution >= 4 is 44.5 Å². The standard InChI is InChI=1S/C21H12BrFN4O2/c1-11-17-18-14(20(28)26(21(18)29)13-8-6-12(22)7-9-13)10-24-19(17)27(25-11)16-5-3-2-4-15(16)23/h2-10H,1H3. The van der Waals surface area contributed by atoms with Crippen molar-refractivity contribution in [1.29, 1.82) is 0 Å². The Morgan fingerprint density at radius 3 is 2.45 bits per heavy atom. The smallest absolute Gasteiger partial charge is 0.267 e. The number of amides is 2. The van der Waals surface area contributed by atoms with Crippen LogP contribution in [0.25, 0.3) is 16.7 Å². The Bertz CT molecular complexity index is 1330. The van der Waals surface area contributed by atoms with Crippen LogP contribution >= 0.6 is 15.9 Å². The third kappa shape index (κ3) is 2.52. The van der Waals surface area contributed by atoms with Crippen molar-refractivity contribution in [2.24, 2.45) is 0 Å². The van der Waals surface area contributed by atoms with Gasteiger partial charge in [-0.15, -0.1) is 0 Å². The van der Waals surface area contributed by atoms with Gasteiger partial charge in [-0.05, 0) is 43.3 Å². The number of nitrogens with zero attached hydrogens (tertiary/aromatic N) is 4. The lowest BCUT2D eigenvalue weighted by Crippen LogP contribution is -2.29. The van der Waals surface area contributed by atoms with Gasteiger partial charge in [0, 0.05) is 10.7 Å². The molecule has 0 saturated heterocycles. The maximum absolute atomic E-state index is 14.3. The van der Waals surface area contributed by atoms with Gasteiger partial charge in [-0.2, -0.15) is 5.10 Å². The van der Waals surface area contributed by atoms with E-state index in [0.717, 1.165) is 9.37 Å². The number of pyridine rings is 1. The summed E-state index contributed by atoms with van der Waals surface area (Å²) in [5.74, 6) is -1.35. The highest BCUT2D eigenvalue weighted by atomic mass is 79.9. The van der Waals surface area contributed by atoms with Crippen molar-refractivity contribution in [3.63, 3.8) is 0 Å². The molecule has 0 unspecified atom stereocenters. The number of carbonyl (C=O) groups is 2. The fraction of sp³-hybridized carbons (Fsp3) is 0.0476. The third-order valence-electron chi connectivity index (χ3n) is 4.89. The number of halogens is 2. The zero-order valence-electron chi connectivity index (χ0n) is 15.1. The minimum absolute atomic E-state index is 0.210. The Hall–Kier alpha value is -3.39. The Balaban J connectivity index is 1.73. The largest absolute Gasteiger partial charge is 0.268 e. The summed E-state index contributed by atoms with van der Waals surface area (Å²) in [5, 5.41) is 4.84. The van der Waals surface area contributed by atoms with Crippen molar-refractivity contribution < 1.29 is 14.0 Å². The second kappa shape index (κ2) is 6.31. The average molecular weight is 451 g/mol. The van der Waals surface area contributed by atoms with E-state index in [4.69, 9.17) is 0 Å². The van der Waals surface area contributed by atoms with Crippen LogP contribution < -0.4 is 4.90 Å². The lowest BCUT2D eigenvalue weighted by molar-refractivity contribution is 0.0926. The summed E-state index contributed by atoms with van der Waals surface area (Å²) in [7, 11) is 0. The second-order valence-electron chi connectivity index (χ2n) is 6.62. The lowest BCUT2D eigenvalue weighted by atomic mass is 10.1. The summed E-state index contributed by atoms with van der Waals surface area (Å²) in [6.07, 6.45) is 1.36. The number of carbonyl (C=O) groups excluding carboxylic acids is 2. The van der Waals surface area contributed by atoms with E-state index in [1.165, 1.54) is 16.9 Å². The molecule has 8 heteroatoms. The van der Waals surface area contributed by atoms with Crippen LogP contribution in [0.5, 0.6) is 0 Å². The summed E-state index contributed by atoms with van der Waals surface area (Å²) in [6.45, 7) is 1.71. The number of anilines is 1. The topological polar surface area (TPSA) is 68.1 Å². The number of para-hydroxylation sites is 1. The van der Waals surface area contributed by atoms with Gasteiger partial charge in [0.05, 0.1) is 27.9 Å². The SMILES string of the molecule is Cc1nn(-c2ccccc2F)c2ncc3c(c12)C(=O)N(c1ccc(Br)cc1)C3=O. The zero-order chi connectivity index (χ0) is 20.3. The van der Waals surface area contributed by atoms with Crippen LogP contribution in [0.2, 0.25) is 0 Å². The van der Waals surface area contributed by atoms with Crippen LogP contribution in [0.1, 0.15) is 26.4 Å². The second-order valence-corrected chi connectivity index (χ2v) is 7.53. The molecular formula is C21H12BrFN4O2. The van der Waals surface area contributed by atoms with E-state index in [2.05, 4.69) is 26.0 Å². The molecule has 1 aliphatic heterocycles. The Morgan fingerprint density at radius 2 is 1.72 bits per heavy atom. The number of imide groups is 1. The van der Waals surface area contributed by atoms with E-state index in [9.17, 15) is 14.0 Å². The lowest BCUT2D eigenvalue weighted by Gasteiger charge is -2.13. The molecule has 6 nitrogen and oxygen atoms in total. The maximum atomic E-state index is 14.3. The molecule has 2 aromatic heterocycles. The highest BCUT2D eigenvalue weighted by molar-refractivity contribution is 9.10. The third-order valence-corrected chi connectivity index (χ3v) is 5.42. The van der Waals surface area contributed by atoms with Crippen molar-refractivity contribution in [3.05, 3.63) is 81.8 Å². The van der Waals surface area contributed by atoms with Crippen molar-refractivity contribution in [2.75, 3.05) is 4.90 Å². The van der Waals surface area contributed by atoms with Crippen LogP contribution in [0.3, 0.4) is 0 Å². The van der Waals surface area contributed by atoms with Gasteiger partial charge < -0.3 is 0 Å². The number of hydrogen-bond acceptors (Lipinski definition) is 4. The number of hydrogen-bond donors (Lipinski definition) is 0. The predicted octanol–water partition coefficient (Wildman–Crippen LogP) is 4.43. The van der Waals surface area contributed by atoms with Gasteiger partial charge in [0.15, 0.2) is 5.65 Å². The minimum Gasteiger partial charge on any atom is -0.268 e. The number of aromatic nitrogens is 3. The molecular weight excluding hydrogens is 439 g/mol. The van der Waals surface area contributed by atoms with Gasteiger partial charge in [0.25, 0.3) is 11.8 Å². The van der Waals surface area contributed by atoms with Gasteiger partial charge in [-0.25, -0.2) is 19.0 Å². The van der Waals surface area contributed by atoms with Crippen LogP contribution in [-0.4, -0.2) is 26.6 Å². The molecule has 0 spiro atoms. The minimum atomic E-state index is -0.460. The highest BCUT2D eigenvalue weighted by Crippen LogP contribution is 2.35. The van der Waals surface area contributed by atoms with Gasteiger partial charge in [0.2, 0.25) is 0 Å². The summed E-state index contributed by atoms with van der Waals surface area (Å²) >= 11 is 3.35. The normalized spacial score (nSPS) is 13.4. The van der Waals surface area contributed by atoms with E-state index in [0.29, 0.717) is 22.4 Å². The molecule has 0 radical (unpaired) electrons. The number of rotatable bonds is 2. The molecule has 0 fully saturated rings. The van der Waals surface area contributed by atoms with Gasteiger partial charge in [-0.3, -0.25) is 9.59 Å². The van der Waals surface area contributed by atoms with Crippen molar-refractivity contribution in [2.45, 2.75) is 6.92 Å². The quantitative estimate of drug-likeness (QED) is 0.423. The molecule has 1 aliphatic rings. The van der Waals surface area contributed by atoms with E-state index in [1.54, 1.807) is 49.4 Å². The molecule has 0 atom stereocenters. The molecule has 0 saturated carbocycles. The summed E-state index contributed by atoms with van der Waals surface area (Å²) in [4.78, 5) is 31.6. The average Bonchev–Trinajstić information content (AvgIpc) is 3.17. The van der Waals surface area contributed by atoms with Gasteiger partial charge in [0.1, 0.15) is 11.5 Å². The predicted molar refractivity (Wildman–Crippen MR) is 109 cm³/mol. The van der Waals surface area contributed by atoms with E-state index in [1.807, 2.05) is 0 Å².